The van der Waals surface area contributed by atoms with E-state index in [2.05, 4.69) is 34.7 Å². The Morgan fingerprint density at radius 1 is 1.45 bits per heavy atom. The average Bonchev–Trinajstić information content (AvgIpc) is 2.52. The molecule has 2 rings (SSSR count). The molecule has 0 aromatic carbocycles. The Morgan fingerprint density at radius 3 is 2.95 bits per heavy atom. The molecule has 0 N–H and O–H groups in total. The van der Waals surface area contributed by atoms with Crippen molar-refractivity contribution < 1.29 is 4.74 Å². The van der Waals surface area contributed by atoms with E-state index in [1.54, 1.807) is 7.11 Å². The molecule has 4 heteroatoms. The summed E-state index contributed by atoms with van der Waals surface area (Å²) in [5.74, 6) is 0. The van der Waals surface area contributed by atoms with Crippen LogP contribution in [0.4, 0.5) is 0 Å². The van der Waals surface area contributed by atoms with E-state index in [-0.39, 0.29) is 0 Å². The van der Waals surface area contributed by atoms with Gasteiger partial charge in [0, 0.05) is 57.8 Å². The summed E-state index contributed by atoms with van der Waals surface area (Å²) >= 11 is 0. The van der Waals surface area contributed by atoms with E-state index in [4.69, 9.17) is 4.74 Å². The van der Waals surface area contributed by atoms with Crippen LogP contribution in [0.5, 0.6) is 0 Å². The maximum Gasteiger partial charge on any atom is 0.0589 e. The molecular formula is C16H27N3O. The van der Waals surface area contributed by atoms with Gasteiger partial charge >= 0.3 is 0 Å². The van der Waals surface area contributed by atoms with Crippen LogP contribution in [0.1, 0.15) is 31.9 Å². The van der Waals surface area contributed by atoms with Gasteiger partial charge in [-0.3, -0.25) is 14.8 Å². The average molecular weight is 277 g/mol. The highest BCUT2D eigenvalue weighted by Crippen LogP contribution is 2.23. The minimum Gasteiger partial charge on any atom is -0.383 e. The molecule has 1 aromatic heterocycles. The van der Waals surface area contributed by atoms with Crippen molar-refractivity contribution in [2.45, 2.75) is 32.4 Å². The Bertz CT molecular complexity index is 385. The summed E-state index contributed by atoms with van der Waals surface area (Å²) in [6, 6.07) is 5.29. The van der Waals surface area contributed by atoms with Crippen LogP contribution in [0.25, 0.3) is 0 Å². The Labute approximate surface area is 122 Å². The number of hydrogen-bond acceptors (Lipinski definition) is 4. The Morgan fingerprint density at radius 2 is 2.30 bits per heavy atom. The molecule has 2 heterocycles. The third-order valence-corrected chi connectivity index (χ3v) is 4.40. The maximum absolute atomic E-state index is 5.22. The molecule has 1 aliphatic rings. The molecule has 1 aliphatic heterocycles. The normalized spacial score (nSPS) is 22.9. The highest BCUT2D eigenvalue weighted by atomic mass is 16.5. The van der Waals surface area contributed by atoms with Crippen LogP contribution in [0.3, 0.4) is 0 Å². The number of piperazine rings is 1. The van der Waals surface area contributed by atoms with Gasteiger partial charge in [0.15, 0.2) is 0 Å². The van der Waals surface area contributed by atoms with Crippen molar-refractivity contribution in [3.8, 4) is 0 Å². The van der Waals surface area contributed by atoms with Gasteiger partial charge in [-0.15, -0.1) is 0 Å². The van der Waals surface area contributed by atoms with Crippen LogP contribution < -0.4 is 0 Å². The van der Waals surface area contributed by atoms with E-state index < -0.39 is 0 Å². The van der Waals surface area contributed by atoms with Gasteiger partial charge in [0.25, 0.3) is 0 Å². The molecule has 0 bridgehead atoms. The Balaban J connectivity index is 1.95. The molecule has 0 radical (unpaired) electrons. The zero-order valence-electron chi connectivity index (χ0n) is 13.0. The fraction of sp³-hybridized carbons (Fsp3) is 0.688. The van der Waals surface area contributed by atoms with E-state index in [1.165, 1.54) is 12.0 Å². The van der Waals surface area contributed by atoms with Crippen LogP contribution in [0.15, 0.2) is 24.5 Å². The van der Waals surface area contributed by atoms with E-state index in [1.807, 2.05) is 18.5 Å². The third kappa shape index (κ3) is 3.78. The fourth-order valence-corrected chi connectivity index (χ4v) is 2.99. The van der Waals surface area contributed by atoms with Crippen LogP contribution in [0.2, 0.25) is 0 Å². The standard InChI is InChI=1S/C16H27N3O/c1-4-16-13-19(9-8-18(16)10-11-20-3)14(2)15-6-5-7-17-12-15/h5-7,12,14,16H,4,8-11,13H2,1-3H3/t14-,16-/m0/s1. The second-order valence-electron chi connectivity index (χ2n) is 5.55. The lowest BCUT2D eigenvalue weighted by molar-refractivity contribution is 0.0332. The second kappa shape index (κ2) is 7.72. The van der Waals surface area contributed by atoms with Gasteiger partial charge in [-0.1, -0.05) is 13.0 Å². The van der Waals surface area contributed by atoms with Crippen molar-refractivity contribution in [3.63, 3.8) is 0 Å². The van der Waals surface area contributed by atoms with Gasteiger partial charge in [0.05, 0.1) is 6.61 Å². The summed E-state index contributed by atoms with van der Waals surface area (Å²) in [5.41, 5.74) is 1.31. The first-order valence-corrected chi connectivity index (χ1v) is 7.63. The van der Waals surface area contributed by atoms with Gasteiger partial charge < -0.3 is 4.74 Å². The molecule has 112 valence electrons. The minimum atomic E-state index is 0.447. The quantitative estimate of drug-likeness (QED) is 0.797. The molecule has 1 aromatic rings. The summed E-state index contributed by atoms with van der Waals surface area (Å²) in [5, 5.41) is 0. The molecule has 1 saturated heterocycles. The topological polar surface area (TPSA) is 28.6 Å². The minimum absolute atomic E-state index is 0.447. The SMILES string of the molecule is CC[C@H]1CN([C@@H](C)c2cccnc2)CCN1CCOC. The van der Waals surface area contributed by atoms with Crippen LogP contribution in [-0.2, 0) is 4.74 Å². The number of aromatic nitrogens is 1. The second-order valence-corrected chi connectivity index (χ2v) is 5.55. The first kappa shape index (κ1) is 15.4. The molecule has 1 fully saturated rings. The van der Waals surface area contributed by atoms with E-state index >= 15 is 0 Å². The maximum atomic E-state index is 5.22. The smallest absolute Gasteiger partial charge is 0.0589 e. The number of rotatable bonds is 6. The monoisotopic (exact) mass is 277 g/mol. The number of hydrogen-bond donors (Lipinski definition) is 0. The Hall–Kier alpha value is -0.970. The predicted octanol–water partition coefficient (Wildman–Crippen LogP) is 2.19. The fourth-order valence-electron chi connectivity index (χ4n) is 2.99. The van der Waals surface area contributed by atoms with Gasteiger partial charge in [-0.25, -0.2) is 0 Å². The molecule has 0 aliphatic carbocycles. The lowest BCUT2D eigenvalue weighted by atomic mass is 10.0. The van der Waals surface area contributed by atoms with Crippen LogP contribution >= 0.6 is 0 Å². The highest BCUT2D eigenvalue weighted by molar-refractivity contribution is 5.13. The lowest BCUT2D eigenvalue weighted by Gasteiger charge is -2.43. The van der Waals surface area contributed by atoms with Gasteiger partial charge in [0.2, 0.25) is 0 Å². The van der Waals surface area contributed by atoms with E-state index in [0.717, 1.165) is 32.8 Å². The first-order valence-electron chi connectivity index (χ1n) is 7.63. The van der Waals surface area contributed by atoms with Gasteiger partial charge in [-0.2, -0.15) is 0 Å². The molecule has 0 spiro atoms. The number of nitrogens with zero attached hydrogens (tertiary/aromatic N) is 3. The summed E-state index contributed by atoms with van der Waals surface area (Å²) in [6.07, 6.45) is 5.02. The summed E-state index contributed by atoms with van der Waals surface area (Å²) < 4.78 is 5.22. The highest BCUT2D eigenvalue weighted by Gasteiger charge is 2.28. The Kier molecular flexibility index (Phi) is 5.95. The zero-order chi connectivity index (χ0) is 14.4. The first-order chi connectivity index (χ1) is 9.76. The summed E-state index contributed by atoms with van der Waals surface area (Å²) in [7, 11) is 1.78. The number of methoxy groups -OCH3 is 1. The molecule has 0 amide bonds. The van der Waals surface area contributed by atoms with Crippen molar-refractivity contribution in [1.29, 1.82) is 0 Å². The lowest BCUT2D eigenvalue weighted by Crippen LogP contribution is -2.54. The molecule has 0 saturated carbocycles. The summed E-state index contributed by atoms with van der Waals surface area (Å²) in [6.45, 7) is 9.83. The van der Waals surface area contributed by atoms with Crippen LogP contribution in [0, 0.1) is 0 Å². The number of pyridine rings is 1. The predicted molar refractivity (Wildman–Crippen MR) is 81.8 cm³/mol. The molecule has 2 atom stereocenters. The third-order valence-electron chi connectivity index (χ3n) is 4.40. The molecular weight excluding hydrogens is 250 g/mol. The molecule has 20 heavy (non-hydrogen) atoms. The van der Waals surface area contributed by atoms with Gasteiger partial charge in [-0.05, 0) is 25.0 Å². The van der Waals surface area contributed by atoms with E-state index in [0.29, 0.717) is 12.1 Å². The van der Waals surface area contributed by atoms with Crippen molar-refractivity contribution >= 4 is 0 Å². The van der Waals surface area contributed by atoms with Crippen molar-refractivity contribution in [2.24, 2.45) is 0 Å². The largest absolute Gasteiger partial charge is 0.383 e. The van der Waals surface area contributed by atoms with Crippen molar-refractivity contribution in [1.82, 2.24) is 14.8 Å². The van der Waals surface area contributed by atoms with Crippen molar-refractivity contribution in [3.05, 3.63) is 30.1 Å². The summed E-state index contributed by atoms with van der Waals surface area (Å²) in [4.78, 5) is 9.38. The van der Waals surface area contributed by atoms with Gasteiger partial charge in [0.1, 0.15) is 0 Å². The van der Waals surface area contributed by atoms with Crippen molar-refractivity contribution in [2.75, 3.05) is 39.9 Å². The number of ether oxygens (including phenoxy) is 1. The molecule has 4 nitrogen and oxygen atoms in total. The van der Waals surface area contributed by atoms with E-state index in [9.17, 15) is 0 Å². The zero-order valence-corrected chi connectivity index (χ0v) is 13.0. The molecule has 0 unspecified atom stereocenters. The van der Waals surface area contributed by atoms with Crippen LogP contribution in [-0.4, -0.2) is 60.7 Å².